The molecule has 1 heterocycles. The molecule has 1 aromatic carbocycles. The first kappa shape index (κ1) is 13.7. The monoisotopic (exact) mass is 281 g/mol. The minimum Gasteiger partial charge on any atom is -0.453 e. The Labute approximate surface area is 111 Å². The summed E-state index contributed by atoms with van der Waals surface area (Å²) in [6.07, 6.45) is -4.38. The van der Waals surface area contributed by atoms with Gasteiger partial charge in [0.25, 0.3) is 0 Å². The van der Waals surface area contributed by atoms with Crippen LogP contribution in [0.15, 0.2) is 34.7 Å². The maximum atomic E-state index is 12.2. The van der Waals surface area contributed by atoms with E-state index in [9.17, 15) is 18.0 Å². The van der Waals surface area contributed by atoms with Crippen molar-refractivity contribution in [1.29, 1.82) is 5.26 Å². The molecule has 2 rings (SSSR count). The third kappa shape index (κ3) is 2.98. The molecule has 0 amide bonds. The number of rotatable bonds is 3. The summed E-state index contributed by atoms with van der Waals surface area (Å²) in [4.78, 5) is 10.5. The van der Waals surface area contributed by atoms with Gasteiger partial charge in [-0.1, -0.05) is 0 Å². The van der Waals surface area contributed by atoms with Crippen LogP contribution >= 0.6 is 0 Å². The SMILES string of the molecule is N#Cc1ccc(OC(F)(F)F)cc1-c1ccc(C=O)o1. The van der Waals surface area contributed by atoms with Crippen LogP contribution in [0.25, 0.3) is 11.3 Å². The summed E-state index contributed by atoms with van der Waals surface area (Å²) in [6.45, 7) is 0. The Morgan fingerprint density at radius 2 is 2.00 bits per heavy atom. The van der Waals surface area contributed by atoms with Gasteiger partial charge in [0.05, 0.1) is 11.6 Å². The molecule has 0 aliphatic heterocycles. The third-order valence-corrected chi connectivity index (χ3v) is 2.35. The first-order chi connectivity index (χ1) is 9.43. The van der Waals surface area contributed by atoms with Gasteiger partial charge in [-0.05, 0) is 30.3 Å². The second-order valence-electron chi connectivity index (χ2n) is 3.69. The number of aldehydes is 1. The van der Waals surface area contributed by atoms with Crippen molar-refractivity contribution >= 4 is 6.29 Å². The van der Waals surface area contributed by atoms with E-state index >= 15 is 0 Å². The number of furan rings is 1. The number of alkyl halides is 3. The summed E-state index contributed by atoms with van der Waals surface area (Å²) in [7, 11) is 0. The van der Waals surface area contributed by atoms with Crippen molar-refractivity contribution < 1.29 is 27.1 Å². The van der Waals surface area contributed by atoms with Crippen LogP contribution in [0.3, 0.4) is 0 Å². The van der Waals surface area contributed by atoms with E-state index in [0.29, 0.717) is 6.29 Å². The lowest BCUT2D eigenvalue weighted by molar-refractivity contribution is -0.274. The average Bonchev–Trinajstić information content (AvgIpc) is 2.85. The Hall–Kier alpha value is -2.75. The van der Waals surface area contributed by atoms with E-state index in [-0.39, 0.29) is 22.6 Å². The smallest absolute Gasteiger partial charge is 0.453 e. The number of hydrogen-bond donors (Lipinski definition) is 0. The number of halogens is 3. The van der Waals surface area contributed by atoms with Gasteiger partial charge in [-0.2, -0.15) is 5.26 Å². The lowest BCUT2D eigenvalue weighted by Crippen LogP contribution is -2.17. The van der Waals surface area contributed by atoms with Crippen LogP contribution < -0.4 is 4.74 Å². The fraction of sp³-hybridized carbons (Fsp3) is 0.0769. The normalized spacial score (nSPS) is 10.9. The quantitative estimate of drug-likeness (QED) is 0.807. The van der Waals surface area contributed by atoms with Crippen molar-refractivity contribution in [1.82, 2.24) is 0 Å². The van der Waals surface area contributed by atoms with Crippen molar-refractivity contribution in [3.05, 3.63) is 41.7 Å². The molecule has 0 aliphatic carbocycles. The molecule has 102 valence electrons. The van der Waals surface area contributed by atoms with Crippen LogP contribution in [0.1, 0.15) is 16.1 Å². The number of nitriles is 1. The first-order valence-electron chi connectivity index (χ1n) is 5.28. The summed E-state index contributed by atoms with van der Waals surface area (Å²) < 4.78 is 45.3. The second kappa shape index (κ2) is 5.09. The number of carbonyl (C=O) groups is 1. The number of ether oxygens (including phenoxy) is 1. The second-order valence-corrected chi connectivity index (χ2v) is 3.69. The van der Waals surface area contributed by atoms with E-state index in [4.69, 9.17) is 9.68 Å². The van der Waals surface area contributed by atoms with Gasteiger partial charge >= 0.3 is 6.36 Å². The molecular weight excluding hydrogens is 275 g/mol. The van der Waals surface area contributed by atoms with Crippen LogP contribution in [0.2, 0.25) is 0 Å². The largest absolute Gasteiger partial charge is 0.573 e. The zero-order valence-electron chi connectivity index (χ0n) is 9.77. The summed E-state index contributed by atoms with van der Waals surface area (Å²) in [5, 5.41) is 8.94. The molecule has 0 radical (unpaired) electrons. The van der Waals surface area contributed by atoms with Crippen molar-refractivity contribution in [2.24, 2.45) is 0 Å². The van der Waals surface area contributed by atoms with Gasteiger partial charge in [-0.25, -0.2) is 0 Å². The molecule has 2 aromatic rings. The van der Waals surface area contributed by atoms with Crippen molar-refractivity contribution in [3.8, 4) is 23.1 Å². The van der Waals surface area contributed by atoms with Crippen molar-refractivity contribution in [2.75, 3.05) is 0 Å². The molecule has 0 saturated heterocycles. The minimum absolute atomic E-state index is 0.00559. The lowest BCUT2D eigenvalue weighted by atomic mass is 10.1. The zero-order chi connectivity index (χ0) is 14.8. The Kier molecular flexibility index (Phi) is 3.48. The molecule has 0 spiro atoms. The number of benzene rings is 1. The maximum absolute atomic E-state index is 12.2. The number of hydrogen-bond acceptors (Lipinski definition) is 4. The van der Waals surface area contributed by atoms with Crippen LogP contribution in [0.4, 0.5) is 13.2 Å². The van der Waals surface area contributed by atoms with Gasteiger partial charge in [-0.3, -0.25) is 4.79 Å². The molecule has 0 aliphatic rings. The molecule has 4 nitrogen and oxygen atoms in total. The van der Waals surface area contributed by atoms with E-state index < -0.39 is 12.1 Å². The van der Waals surface area contributed by atoms with E-state index in [1.165, 1.54) is 18.2 Å². The van der Waals surface area contributed by atoms with Gasteiger partial charge in [0.1, 0.15) is 11.5 Å². The summed E-state index contributed by atoms with van der Waals surface area (Å²) in [5.74, 6) is -0.363. The Morgan fingerprint density at radius 3 is 2.55 bits per heavy atom. The molecule has 0 bridgehead atoms. The summed E-state index contributed by atoms with van der Waals surface area (Å²) >= 11 is 0. The molecule has 0 atom stereocenters. The highest BCUT2D eigenvalue weighted by Gasteiger charge is 2.31. The van der Waals surface area contributed by atoms with E-state index in [0.717, 1.165) is 12.1 Å². The zero-order valence-corrected chi connectivity index (χ0v) is 9.77. The van der Waals surface area contributed by atoms with Crippen LogP contribution in [-0.2, 0) is 0 Å². The fourth-order valence-electron chi connectivity index (χ4n) is 1.58. The Bertz CT molecular complexity index is 683. The van der Waals surface area contributed by atoms with Crippen LogP contribution in [0, 0.1) is 11.3 Å². The maximum Gasteiger partial charge on any atom is 0.573 e. The van der Waals surface area contributed by atoms with Crippen LogP contribution in [-0.4, -0.2) is 12.6 Å². The van der Waals surface area contributed by atoms with E-state index in [1.54, 1.807) is 0 Å². The molecule has 1 aromatic heterocycles. The minimum atomic E-state index is -4.83. The predicted molar refractivity (Wildman–Crippen MR) is 60.9 cm³/mol. The molecular formula is C13H6F3NO3. The molecule has 0 fully saturated rings. The summed E-state index contributed by atoms with van der Waals surface area (Å²) in [6, 6.07) is 7.79. The van der Waals surface area contributed by atoms with Gasteiger partial charge in [0.2, 0.25) is 0 Å². The van der Waals surface area contributed by atoms with Crippen LogP contribution in [0.5, 0.6) is 5.75 Å². The lowest BCUT2D eigenvalue weighted by Gasteiger charge is -2.10. The first-order valence-corrected chi connectivity index (χ1v) is 5.28. The predicted octanol–water partition coefficient (Wildman–Crippen LogP) is 3.53. The number of nitrogens with zero attached hydrogens (tertiary/aromatic N) is 1. The molecule has 0 saturated carbocycles. The highest BCUT2D eigenvalue weighted by Crippen LogP contribution is 2.31. The van der Waals surface area contributed by atoms with Crippen molar-refractivity contribution in [3.63, 3.8) is 0 Å². The Balaban J connectivity index is 2.47. The van der Waals surface area contributed by atoms with E-state index in [1.807, 2.05) is 6.07 Å². The molecule has 7 heteroatoms. The third-order valence-electron chi connectivity index (χ3n) is 2.35. The van der Waals surface area contributed by atoms with Gasteiger partial charge < -0.3 is 9.15 Å². The average molecular weight is 281 g/mol. The highest BCUT2D eigenvalue weighted by molar-refractivity contribution is 5.74. The Morgan fingerprint density at radius 1 is 1.25 bits per heavy atom. The topological polar surface area (TPSA) is 63.2 Å². The molecule has 0 unspecified atom stereocenters. The van der Waals surface area contributed by atoms with Gasteiger partial charge in [-0.15, -0.1) is 13.2 Å². The van der Waals surface area contributed by atoms with Gasteiger partial charge in [0.15, 0.2) is 12.0 Å². The van der Waals surface area contributed by atoms with Gasteiger partial charge in [0, 0.05) is 5.56 Å². The van der Waals surface area contributed by atoms with E-state index in [2.05, 4.69) is 4.74 Å². The fourth-order valence-corrected chi connectivity index (χ4v) is 1.58. The molecule has 0 N–H and O–H groups in total. The van der Waals surface area contributed by atoms with Crippen molar-refractivity contribution in [2.45, 2.75) is 6.36 Å². The number of carbonyl (C=O) groups excluding carboxylic acids is 1. The molecule has 20 heavy (non-hydrogen) atoms. The summed E-state index contributed by atoms with van der Waals surface area (Å²) in [5.41, 5.74) is 0.216. The standard InChI is InChI=1S/C13H6F3NO3/c14-13(15,16)20-9-2-1-8(6-17)11(5-9)12-4-3-10(7-18)19-12/h1-5,7H. The highest BCUT2D eigenvalue weighted by atomic mass is 19.4.